The van der Waals surface area contributed by atoms with Gasteiger partial charge in [-0.1, -0.05) is 18.2 Å². The first-order chi connectivity index (χ1) is 17.7. The summed E-state index contributed by atoms with van der Waals surface area (Å²) in [6.07, 6.45) is 0.525. The fourth-order valence-electron chi connectivity index (χ4n) is 3.68. The lowest BCUT2D eigenvalue weighted by atomic mass is 9.95. The number of hydrogen-bond acceptors (Lipinski definition) is 9. The summed E-state index contributed by atoms with van der Waals surface area (Å²) < 4.78 is 16.4. The molecule has 1 heterocycles. The van der Waals surface area contributed by atoms with Crippen molar-refractivity contribution >= 4 is 23.9 Å². The number of nitrogens with one attached hydrogen (secondary N) is 3. The summed E-state index contributed by atoms with van der Waals surface area (Å²) in [4.78, 5) is 26.4. The molecule has 2 atom stereocenters. The third-order valence-corrected chi connectivity index (χ3v) is 5.52. The second-order valence-electron chi connectivity index (χ2n) is 8.40. The molecule has 4 N–H and O–H groups in total. The first-order valence-corrected chi connectivity index (χ1v) is 11.7. The van der Waals surface area contributed by atoms with E-state index in [1.165, 1.54) is 7.11 Å². The zero-order valence-electron chi connectivity index (χ0n) is 21.6. The zero-order chi connectivity index (χ0) is 26.9. The fraction of sp³-hybridized carbons (Fsp3) is 0.346. The molecule has 2 aromatic carbocycles. The highest BCUT2D eigenvalue weighted by Crippen LogP contribution is 2.34. The molecule has 0 aromatic heterocycles. The van der Waals surface area contributed by atoms with Crippen molar-refractivity contribution in [1.29, 1.82) is 0 Å². The molecule has 1 aliphatic rings. The Morgan fingerprint density at radius 1 is 1.19 bits per heavy atom. The summed E-state index contributed by atoms with van der Waals surface area (Å²) in [5.74, 6) is 0.221. The van der Waals surface area contributed by atoms with Gasteiger partial charge in [0, 0.05) is 25.5 Å². The number of anilines is 1. The van der Waals surface area contributed by atoms with E-state index >= 15 is 0 Å². The summed E-state index contributed by atoms with van der Waals surface area (Å²) in [6, 6.07) is 11.7. The van der Waals surface area contributed by atoms with Crippen LogP contribution in [0.5, 0.6) is 11.5 Å². The largest absolute Gasteiger partial charge is 0.490 e. The van der Waals surface area contributed by atoms with E-state index < -0.39 is 24.3 Å². The Balaban J connectivity index is 1.67. The van der Waals surface area contributed by atoms with Gasteiger partial charge in [-0.3, -0.25) is 5.43 Å². The van der Waals surface area contributed by atoms with Crippen LogP contribution in [0, 0.1) is 0 Å². The van der Waals surface area contributed by atoms with E-state index in [-0.39, 0.29) is 12.2 Å². The molecule has 198 valence electrons. The van der Waals surface area contributed by atoms with E-state index in [2.05, 4.69) is 21.2 Å². The van der Waals surface area contributed by atoms with E-state index in [9.17, 15) is 14.7 Å². The van der Waals surface area contributed by atoms with Crippen LogP contribution in [0.15, 0.2) is 58.8 Å². The zero-order valence-corrected chi connectivity index (χ0v) is 21.6. The van der Waals surface area contributed by atoms with Crippen LogP contribution in [0.1, 0.15) is 31.0 Å². The van der Waals surface area contributed by atoms with Gasteiger partial charge in [-0.2, -0.15) is 5.10 Å². The summed E-state index contributed by atoms with van der Waals surface area (Å²) in [5.41, 5.74) is 5.87. The van der Waals surface area contributed by atoms with Gasteiger partial charge in [0.25, 0.3) is 0 Å². The molecule has 0 fully saturated rings. The number of urea groups is 1. The van der Waals surface area contributed by atoms with Gasteiger partial charge in [0.1, 0.15) is 6.61 Å². The number of nitrogens with zero attached hydrogens (tertiary/aromatic N) is 2. The first-order valence-electron chi connectivity index (χ1n) is 11.7. The third-order valence-electron chi connectivity index (χ3n) is 5.52. The van der Waals surface area contributed by atoms with Crippen molar-refractivity contribution in [3.8, 4) is 11.5 Å². The van der Waals surface area contributed by atoms with Gasteiger partial charge in [-0.15, -0.1) is 0 Å². The molecule has 11 heteroatoms. The Morgan fingerprint density at radius 3 is 2.57 bits per heavy atom. The number of carbonyl (C=O) groups is 2. The van der Waals surface area contributed by atoms with Crippen LogP contribution in [-0.4, -0.2) is 64.0 Å². The van der Waals surface area contributed by atoms with Crippen LogP contribution in [0.25, 0.3) is 0 Å². The maximum Gasteiger partial charge on any atom is 0.337 e. The number of rotatable bonds is 11. The number of allylic oxidation sites excluding steroid dienone is 1. The first kappa shape index (κ1) is 27.3. The third kappa shape index (κ3) is 7.14. The highest BCUT2D eigenvalue weighted by atomic mass is 16.5. The minimum atomic E-state index is -1.08. The van der Waals surface area contributed by atoms with E-state index in [1.807, 2.05) is 50.2 Å². The van der Waals surface area contributed by atoms with Crippen molar-refractivity contribution in [2.45, 2.75) is 26.1 Å². The van der Waals surface area contributed by atoms with Gasteiger partial charge in [-0.25, -0.2) is 9.59 Å². The lowest BCUT2D eigenvalue weighted by Crippen LogP contribution is -2.45. The van der Waals surface area contributed by atoms with E-state index in [0.29, 0.717) is 29.4 Å². The van der Waals surface area contributed by atoms with Crippen molar-refractivity contribution in [2.75, 3.05) is 39.3 Å². The molecule has 1 aliphatic heterocycles. The van der Waals surface area contributed by atoms with Gasteiger partial charge in [0.05, 0.1) is 31.5 Å². The predicted molar refractivity (Wildman–Crippen MR) is 140 cm³/mol. The molecule has 0 spiro atoms. The van der Waals surface area contributed by atoms with Gasteiger partial charge < -0.3 is 34.9 Å². The molecule has 0 saturated carbocycles. The molecule has 3 rings (SSSR count). The SMILES string of the molecule is CCOc1cc([C@@H]2NC(=O)NC(C)=C2C(=O)OC)ccc1OC[C@H](O)N/N=C\c1ccc(N(C)C)cc1. The molecule has 0 bridgehead atoms. The number of ether oxygens (including phenoxy) is 3. The second-order valence-corrected chi connectivity index (χ2v) is 8.40. The molecular weight excluding hydrogens is 478 g/mol. The Labute approximate surface area is 216 Å². The van der Waals surface area contributed by atoms with Crippen molar-refractivity contribution in [2.24, 2.45) is 5.10 Å². The number of hydrazone groups is 1. The highest BCUT2D eigenvalue weighted by molar-refractivity contribution is 5.95. The second kappa shape index (κ2) is 12.6. The minimum Gasteiger partial charge on any atom is -0.490 e. The van der Waals surface area contributed by atoms with Gasteiger partial charge in [0.15, 0.2) is 17.7 Å². The van der Waals surface area contributed by atoms with Crippen molar-refractivity contribution in [1.82, 2.24) is 16.1 Å². The van der Waals surface area contributed by atoms with Crippen molar-refractivity contribution in [3.63, 3.8) is 0 Å². The smallest absolute Gasteiger partial charge is 0.337 e. The lowest BCUT2D eigenvalue weighted by molar-refractivity contribution is -0.136. The lowest BCUT2D eigenvalue weighted by Gasteiger charge is -2.28. The number of carbonyl (C=O) groups excluding carboxylic acids is 2. The van der Waals surface area contributed by atoms with Gasteiger partial charge in [0.2, 0.25) is 0 Å². The Hall–Kier alpha value is -4.25. The van der Waals surface area contributed by atoms with Crippen LogP contribution < -0.4 is 30.4 Å². The molecule has 11 nitrogen and oxygen atoms in total. The molecule has 2 amide bonds. The Kier molecular flexibility index (Phi) is 9.33. The predicted octanol–water partition coefficient (Wildman–Crippen LogP) is 2.27. The molecule has 0 unspecified atom stereocenters. The van der Waals surface area contributed by atoms with Crippen molar-refractivity contribution < 1.29 is 28.9 Å². The average molecular weight is 512 g/mol. The summed E-state index contributed by atoms with van der Waals surface area (Å²) in [6.45, 7) is 3.71. The van der Waals surface area contributed by atoms with Gasteiger partial charge in [-0.05, 0) is 49.2 Å². The molecule has 0 saturated heterocycles. The molecule has 37 heavy (non-hydrogen) atoms. The molecule has 0 radical (unpaired) electrons. The van der Waals surface area contributed by atoms with Crippen LogP contribution in [0.4, 0.5) is 10.5 Å². The number of amides is 2. The number of aliphatic hydroxyl groups is 1. The number of hydrogen-bond donors (Lipinski definition) is 4. The summed E-state index contributed by atoms with van der Waals surface area (Å²) >= 11 is 0. The normalized spacial score (nSPS) is 16.1. The van der Waals surface area contributed by atoms with Crippen LogP contribution >= 0.6 is 0 Å². The number of benzene rings is 2. The van der Waals surface area contributed by atoms with Crippen LogP contribution in [0.2, 0.25) is 0 Å². The Morgan fingerprint density at radius 2 is 1.92 bits per heavy atom. The average Bonchev–Trinajstić information content (AvgIpc) is 2.87. The van der Waals surface area contributed by atoms with Crippen LogP contribution in [0.3, 0.4) is 0 Å². The quantitative estimate of drug-likeness (QED) is 0.156. The maximum atomic E-state index is 12.4. The number of aliphatic hydroxyl groups excluding tert-OH is 1. The van der Waals surface area contributed by atoms with E-state index in [4.69, 9.17) is 14.2 Å². The fourth-order valence-corrected chi connectivity index (χ4v) is 3.68. The summed E-state index contributed by atoms with van der Waals surface area (Å²) in [7, 11) is 5.21. The molecular formula is C26H33N5O6. The minimum absolute atomic E-state index is 0.104. The number of esters is 1. The standard InChI is InChI=1S/C26H33N5O6/c1-6-36-21-13-18(24-23(25(33)35-5)16(2)28-26(34)29-24)9-12-20(21)37-15-22(32)30-27-14-17-7-10-19(11-8-17)31(3)4/h7-14,22,24,30,32H,6,15H2,1-5H3,(H2,28,29,34)/b27-14-/t22-,24-/m0/s1. The maximum absolute atomic E-state index is 12.4. The Bertz CT molecular complexity index is 1160. The van der Waals surface area contributed by atoms with Crippen molar-refractivity contribution in [3.05, 3.63) is 64.9 Å². The molecule has 0 aliphatic carbocycles. The van der Waals surface area contributed by atoms with E-state index in [0.717, 1.165) is 11.3 Å². The molecule has 2 aromatic rings. The summed E-state index contributed by atoms with van der Waals surface area (Å²) in [5, 5.41) is 19.6. The monoisotopic (exact) mass is 511 g/mol. The van der Waals surface area contributed by atoms with E-state index in [1.54, 1.807) is 31.3 Å². The van der Waals surface area contributed by atoms with Gasteiger partial charge >= 0.3 is 12.0 Å². The topological polar surface area (TPSA) is 134 Å². The van der Waals surface area contributed by atoms with Crippen LogP contribution in [-0.2, 0) is 9.53 Å². The highest BCUT2D eigenvalue weighted by Gasteiger charge is 2.32. The number of methoxy groups -OCH3 is 1.